The van der Waals surface area contributed by atoms with Crippen LogP contribution in [0.2, 0.25) is 0 Å². The van der Waals surface area contributed by atoms with E-state index in [4.69, 9.17) is 21.7 Å². The highest BCUT2D eigenvalue weighted by Gasteiger charge is 2.34. The van der Waals surface area contributed by atoms with Gasteiger partial charge in [-0.05, 0) is 35.8 Å². The van der Waals surface area contributed by atoms with Gasteiger partial charge in [-0.1, -0.05) is 42.5 Å². The van der Waals surface area contributed by atoms with Gasteiger partial charge in [-0.15, -0.1) is 0 Å². The first kappa shape index (κ1) is 19.6. The van der Waals surface area contributed by atoms with Crippen LogP contribution >= 0.6 is 12.2 Å². The first-order valence-corrected chi connectivity index (χ1v) is 9.56. The summed E-state index contributed by atoms with van der Waals surface area (Å²) in [5.74, 6) is 0.0604. The van der Waals surface area contributed by atoms with Gasteiger partial charge in [-0.3, -0.25) is 19.8 Å². The second-order valence-electron chi connectivity index (χ2n) is 6.53. The van der Waals surface area contributed by atoms with E-state index in [0.717, 1.165) is 10.8 Å². The van der Waals surface area contributed by atoms with E-state index in [0.29, 0.717) is 22.7 Å². The molecule has 2 amide bonds. The normalized spacial score (nSPS) is 15.5. The molecule has 0 atom stereocenters. The zero-order valence-corrected chi connectivity index (χ0v) is 17.2. The summed E-state index contributed by atoms with van der Waals surface area (Å²) in [6, 6.07) is 18.2. The largest absolute Gasteiger partial charge is 0.496 e. The van der Waals surface area contributed by atoms with Crippen molar-refractivity contribution in [2.45, 2.75) is 0 Å². The predicted octanol–water partition coefficient (Wildman–Crippen LogP) is 3.69. The summed E-state index contributed by atoms with van der Waals surface area (Å²) in [5, 5.41) is 4.27. The van der Waals surface area contributed by atoms with Gasteiger partial charge in [0.05, 0.1) is 19.9 Å². The van der Waals surface area contributed by atoms with Crippen LogP contribution in [0.5, 0.6) is 11.5 Å². The molecule has 7 heteroatoms. The second-order valence-corrected chi connectivity index (χ2v) is 6.92. The molecule has 1 aliphatic heterocycles. The van der Waals surface area contributed by atoms with E-state index in [2.05, 4.69) is 5.32 Å². The van der Waals surface area contributed by atoms with Crippen molar-refractivity contribution in [1.82, 2.24) is 5.32 Å². The second kappa shape index (κ2) is 7.96. The Labute approximate surface area is 178 Å². The van der Waals surface area contributed by atoms with E-state index in [9.17, 15) is 9.59 Å². The summed E-state index contributed by atoms with van der Waals surface area (Å²) in [6.45, 7) is 0. The Balaban J connectivity index is 1.90. The van der Waals surface area contributed by atoms with Crippen molar-refractivity contribution in [1.29, 1.82) is 0 Å². The van der Waals surface area contributed by atoms with Gasteiger partial charge in [0.25, 0.3) is 11.8 Å². The molecule has 0 aromatic heterocycles. The molecule has 1 aliphatic rings. The lowest BCUT2D eigenvalue weighted by molar-refractivity contribution is -0.122. The molecule has 3 aromatic rings. The molecule has 0 bridgehead atoms. The quantitative estimate of drug-likeness (QED) is 0.398. The van der Waals surface area contributed by atoms with E-state index in [1.54, 1.807) is 37.4 Å². The summed E-state index contributed by atoms with van der Waals surface area (Å²) >= 11 is 5.24. The number of amides is 2. The molecular weight excluding hydrogens is 400 g/mol. The van der Waals surface area contributed by atoms with Crippen LogP contribution in [0, 0.1) is 0 Å². The molecule has 150 valence electrons. The highest BCUT2D eigenvalue weighted by atomic mass is 32.1. The minimum Gasteiger partial charge on any atom is -0.496 e. The van der Waals surface area contributed by atoms with Crippen LogP contribution in [-0.2, 0) is 9.59 Å². The maximum Gasteiger partial charge on any atom is 0.270 e. The Hall–Kier alpha value is -3.71. The van der Waals surface area contributed by atoms with E-state index >= 15 is 0 Å². The number of thiocarbonyl (C=S) groups is 1. The number of nitrogens with one attached hydrogen (secondary N) is 1. The lowest BCUT2D eigenvalue weighted by Gasteiger charge is -2.29. The number of anilines is 1. The number of carbonyl (C=O) groups is 2. The molecule has 0 aliphatic carbocycles. The first-order chi connectivity index (χ1) is 14.5. The molecule has 1 saturated heterocycles. The van der Waals surface area contributed by atoms with Crippen LogP contribution in [-0.4, -0.2) is 31.1 Å². The van der Waals surface area contributed by atoms with Gasteiger partial charge in [0.1, 0.15) is 17.1 Å². The zero-order valence-electron chi connectivity index (χ0n) is 16.3. The van der Waals surface area contributed by atoms with Crippen molar-refractivity contribution in [3.63, 3.8) is 0 Å². The molecule has 30 heavy (non-hydrogen) atoms. The van der Waals surface area contributed by atoms with Crippen LogP contribution in [0.3, 0.4) is 0 Å². The molecule has 1 N–H and O–H groups in total. The molecule has 6 nitrogen and oxygen atoms in total. The molecule has 1 heterocycles. The highest BCUT2D eigenvalue weighted by molar-refractivity contribution is 7.80. The Kier molecular flexibility index (Phi) is 5.20. The van der Waals surface area contributed by atoms with Gasteiger partial charge in [-0.25, -0.2) is 0 Å². The van der Waals surface area contributed by atoms with Crippen LogP contribution in [0.15, 0.2) is 66.2 Å². The number of carbonyl (C=O) groups excluding carboxylic acids is 2. The van der Waals surface area contributed by atoms with E-state index in [1.807, 2.05) is 30.3 Å². The number of para-hydroxylation sites is 1. The Morgan fingerprint density at radius 1 is 0.900 bits per heavy atom. The Bertz CT molecular complexity index is 1200. The van der Waals surface area contributed by atoms with Gasteiger partial charge in [0, 0.05) is 17.0 Å². The Morgan fingerprint density at radius 3 is 2.20 bits per heavy atom. The standard InChI is InChI=1S/C23H18N2O4S/c1-28-19-13-20(29-2)17(15-10-6-7-11-16(15)19)12-18-21(26)24-23(30)25(22(18)27)14-8-4-3-5-9-14/h3-13H,1-2H3,(H,24,26,30)/b18-12+. The lowest BCUT2D eigenvalue weighted by Crippen LogP contribution is -2.54. The van der Waals surface area contributed by atoms with Crippen LogP contribution < -0.4 is 19.7 Å². The molecular formula is C23H18N2O4S. The molecule has 0 spiro atoms. The van der Waals surface area contributed by atoms with Gasteiger partial charge < -0.3 is 9.47 Å². The van der Waals surface area contributed by atoms with Gasteiger partial charge in [-0.2, -0.15) is 0 Å². The van der Waals surface area contributed by atoms with Crippen molar-refractivity contribution < 1.29 is 19.1 Å². The number of ether oxygens (including phenoxy) is 2. The highest BCUT2D eigenvalue weighted by Crippen LogP contribution is 2.37. The average Bonchev–Trinajstić information content (AvgIpc) is 2.76. The molecule has 1 fully saturated rings. The fourth-order valence-electron chi connectivity index (χ4n) is 3.44. The van der Waals surface area contributed by atoms with Crippen LogP contribution in [0.1, 0.15) is 5.56 Å². The average molecular weight is 418 g/mol. The number of fused-ring (bicyclic) bond motifs is 1. The summed E-state index contributed by atoms with van der Waals surface area (Å²) in [5.41, 5.74) is 1.14. The fraction of sp³-hybridized carbons (Fsp3) is 0.0870. The summed E-state index contributed by atoms with van der Waals surface area (Å²) in [7, 11) is 3.11. The van der Waals surface area contributed by atoms with Crippen molar-refractivity contribution in [2.75, 3.05) is 19.1 Å². The molecule has 0 radical (unpaired) electrons. The van der Waals surface area contributed by atoms with Gasteiger partial charge >= 0.3 is 0 Å². The third-order valence-electron chi connectivity index (χ3n) is 4.85. The maximum absolute atomic E-state index is 13.3. The minimum atomic E-state index is -0.556. The SMILES string of the molecule is COc1cc(OC)c2ccccc2c1/C=C1\C(=O)NC(=S)N(c2ccccc2)C1=O. The number of methoxy groups -OCH3 is 2. The monoisotopic (exact) mass is 418 g/mol. The van der Waals surface area contributed by atoms with Crippen LogP contribution in [0.4, 0.5) is 5.69 Å². The topological polar surface area (TPSA) is 67.9 Å². The van der Waals surface area contributed by atoms with Gasteiger partial charge in [0.15, 0.2) is 5.11 Å². The molecule has 3 aromatic carbocycles. The van der Waals surface area contributed by atoms with E-state index in [-0.39, 0.29) is 10.7 Å². The summed E-state index contributed by atoms with van der Waals surface area (Å²) in [4.78, 5) is 27.2. The third-order valence-corrected chi connectivity index (χ3v) is 5.14. The fourth-order valence-corrected chi connectivity index (χ4v) is 3.72. The number of nitrogens with zero attached hydrogens (tertiary/aromatic N) is 1. The molecule has 4 rings (SSSR count). The minimum absolute atomic E-state index is 0.0407. The zero-order chi connectivity index (χ0) is 21.3. The first-order valence-electron chi connectivity index (χ1n) is 9.15. The maximum atomic E-state index is 13.3. The number of hydrogen-bond donors (Lipinski definition) is 1. The number of benzene rings is 3. The number of rotatable bonds is 4. The van der Waals surface area contributed by atoms with Crippen molar-refractivity contribution in [3.05, 3.63) is 71.8 Å². The van der Waals surface area contributed by atoms with E-state index in [1.165, 1.54) is 18.1 Å². The van der Waals surface area contributed by atoms with E-state index < -0.39 is 11.8 Å². The van der Waals surface area contributed by atoms with Crippen molar-refractivity contribution in [3.8, 4) is 11.5 Å². The molecule has 0 unspecified atom stereocenters. The lowest BCUT2D eigenvalue weighted by atomic mass is 9.99. The molecule has 0 saturated carbocycles. The van der Waals surface area contributed by atoms with Gasteiger partial charge in [0.2, 0.25) is 0 Å². The number of hydrogen-bond acceptors (Lipinski definition) is 5. The van der Waals surface area contributed by atoms with Crippen LogP contribution in [0.25, 0.3) is 16.8 Å². The predicted molar refractivity (Wildman–Crippen MR) is 120 cm³/mol. The Morgan fingerprint density at radius 2 is 1.53 bits per heavy atom. The van der Waals surface area contributed by atoms with Crippen molar-refractivity contribution in [2.24, 2.45) is 0 Å². The summed E-state index contributed by atoms with van der Waals surface area (Å²) < 4.78 is 11.0. The van der Waals surface area contributed by atoms with Crippen molar-refractivity contribution >= 4 is 51.7 Å². The third kappa shape index (κ3) is 3.29. The summed E-state index contributed by atoms with van der Waals surface area (Å²) in [6.07, 6.45) is 1.54. The smallest absolute Gasteiger partial charge is 0.270 e.